The maximum absolute atomic E-state index is 12.8. The number of anilines is 1. The molecule has 0 unspecified atom stereocenters. The average Bonchev–Trinajstić information content (AvgIpc) is 2.89. The van der Waals surface area contributed by atoms with Crippen molar-refractivity contribution in [1.82, 2.24) is 9.88 Å². The van der Waals surface area contributed by atoms with E-state index in [0.29, 0.717) is 16.4 Å². The number of methoxy groups -OCH3 is 1. The molecule has 0 spiro atoms. The molecule has 7 heteroatoms. The third-order valence-corrected chi connectivity index (χ3v) is 4.78. The second-order valence-electron chi connectivity index (χ2n) is 5.97. The highest BCUT2D eigenvalue weighted by molar-refractivity contribution is 7.15. The van der Waals surface area contributed by atoms with Crippen LogP contribution in [0.5, 0.6) is 5.75 Å². The number of carbonyl (C=O) groups is 2. The molecule has 1 aromatic heterocycles. The van der Waals surface area contributed by atoms with Crippen LogP contribution in [0.3, 0.4) is 0 Å². The van der Waals surface area contributed by atoms with Crippen molar-refractivity contribution in [3.05, 3.63) is 40.4 Å². The Bertz CT molecular complexity index is 751. The first-order chi connectivity index (χ1) is 11.8. The van der Waals surface area contributed by atoms with E-state index < -0.39 is 0 Å². The number of amides is 2. The van der Waals surface area contributed by atoms with E-state index in [1.54, 1.807) is 31.4 Å². The quantitative estimate of drug-likeness (QED) is 0.857. The molecule has 0 fully saturated rings. The lowest BCUT2D eigenvalue weighted by Gasteiger charge is -2.26. The summed E-state index contributed by atoms with van der Waals surface area (Å²) in [6, 6.07) is 6.79. The Hall–Kier alpha value is -2.41. The number of nitrogens with zero attached hydrogens (tertiary/aromatic N) is 2. The van der Waals surface area contributed by atoms with Crippen LogP contribution < -0.4 is 10.1 Å². The number of aryl methyl sites for hydroxylation is 2. The number of carbonyl (C=O) groups excluding carboxylic acids is 2. The number of aromatic nitrogens is 1. The van der Waals surface area contributed by atoms with Gasteiger partial charge in [-0.25, -0.2) is 4.98 Å². The van der Waals surface area contributed by atoms with Gasteiger partial charge in [-0.1, -0.05) is 6.07 Å². The molecule has 0 aliphatic heterocycles. The third kappa shape index (κ3) is 4.79. The summed E-state index contributed by atoms with van der Waals surface area (Å²) in [5, 5.41) is 3.32. The molecule has 0 saturated heterocycles. The molecule has 0 atom stereocenters. The zero-order chi connectivity index (χ0) is 18.6. The van der Waals surface area contributed by atoms with E-state index in [1.165, 1.54) is 16.2 Å². The van der Waals surface area contributed by atoms with Gasteiger partial charge in [-0.15, -0.1) is 11.3 Å². The zero-order valence-corrected chi connectivity index (χ0v) is 15.9. The van der Waals surface area contributed by atoms with Crippen LogP contribution in [0.1, 0.15) is 34.8 Å². The molecule has 0 radical (unpaired) electrons. The van der Waals surface area contributed by atoms with Gasteiger partial charge >= 0.3 is 0 Å². The number of ether oxygens (including phenoxy) is 1. The van der Waals surface area contributed by atoms with Crippen molar-refractivity contribution < 1.29 is 14.3 Å². The molecular formula is C18H23N3O3S. The SMILES string of the molecule is COc1cccc(C(=O)N(CC(=O)Nc2nc(C)c(C)s2)C(C)C)c1. The van der Waals surface area contributed by atoms with E-state index in [2.05, 4.69) is 10.3 Å². The lowest BCUT2D eigenvalue weighted by molar-refractivity contribution is -0.117. The van der Waals surface area contributed by atoms with E-state index in [0.717, 1.165) is 10.6 Å². The predicted molar refractivity (Wildman–Crippen MR) is 99.4 cm³/mol. The lowest BCUT2D eigenvalue weighted by Crippen LogP contribution is -2.42. The Morgan fingerprint density at radius 2 is 2.04 bits per heavy atom. The normalized spacial score (nSPS) is 10.6. The van der Waals surface area contributed by atoms with Gasteiger partial charge in [-0.2, -0.15) is 0 Å². The Morgan fingerprint density at radius 1 is 1.32 bits per heavy atom. The molecule has 2 rings (SSSR count). The minimum Gasteiger partial charge on any atom is -0.497 e. The topological polar surface area (TPSA) is 71.5 Å². The molecule has 0 aliphatic rings. The number of rotatable bonds is 6. The van der Waals surface area contributed by atoms with Crippen molar-refractivity contribution in [2.75, 3.05) is 19.0 Å². The zero-order valence-electron chi connectivity index (χ0n) is 15.1. The van der Waals surface area contributed by atoms with Gasteiger partial charge in [0.25, 0.3) is 5.91 Å². The van der Waals surface area contributed by atoms with Crippen molar-refractivity contribution in [3.63, 3.8) is 0 Å². The van der Waals surface area contributed by atoms with Crippen molar-refractivity contribution in [3.8, 4) is 5.75 Å². The molecule has 1 heterocycles. The Balaban J connectivity index is 2.11. The minimum absolute atomic E-state index is 0.0363. The summed E-state index contributed by atoms with van der Waals surface area (Å²) in [4.78, 5) is 32.0. The number of thiazole rings is 1. The van der Waals surface area contributed by atoms with Crippen LogP contribution in [-0.4, -0.2) is 41.4 Å². The fourth-order valence-electron chi connectivity index (χ4n) is 2.25. The standard InChI is InChI=1S/C18H23N3O3S/c1-11(2)21(17(23)14-7-6-8-15(9-14)24-5)10-16(22)20-18-19-12(3)13(4)25-18/h6-9,11H,10H2,1-5H3,(H,19,20,22). The second-order valence-corrected chi connectivity index (χ2v) is 7.17. The maximum atomic E-state index is 12.8. The van der Waals surface area contributed by atoms with Crippen LogP contribution in [0.15, 0.2) is 24.3 Å². The summed E-state index contributed by atoms with van der Waals surface area (Å²) < 4.78 is 5.16. The van der Waals surface area contributed by atoms with E-state index in [1.807, 2.05) is 27.7 Å². The molecule has 0 saturated carbocycles. The van der Waals surface area contributed by atoms with Crippen LogP contribution >= 0.6 is 11.3 Å². The predicted octanol–water partition coefficient (Wildman–Crippen LogP) is 3.26. The Morgan fingerprint density at radius 3 is 2.60 bits per heavy atom. The van der Waals surface area contributed by atoms with Crippen molar-refractivity contribution in [1.29, 1.82) is 0 Å². The number of nitrogens with one attached hydrogen (secondary N) is 1. The number of benzene rings is 1. The number of hydrogen-bond donors (Lipinski definition) is 1. The first-order valence-electron chi connectivity index (χ1n) is 8.00. The van der Waals surface area contributed by atoms with Crippen LogP contribution in [0.4, 0.5) is 5.13 Å². The van der Waals surface area contributed by atoms with Gasteiger partial charge in [-0.05, 0) is 45.9 Å². The summed E-state index contributed by atoms with van der Waals surface area (Å²) in [7, 11) is 1.55. The van der Waals surface area contributed by atoms with Crippen LogP contribution in [0.25, 0.3) is 0 Å². The summed E-state index contributed by atoms with van der Waals surface area (Å²) in [5.74, 6) is 0.127. The van der Waals surface area contributed by atoms with E-state index in [9.17, 15) is 9.59 Å². The molecular weight excluding hydrogens is 338 g/mol. The molecule has 134 valence electrons. The fraction of sp³-hybridized carbons (Fsp3) is 0.389. The van der Waals surface area contributed by atoms with Gasteiger partial charge in [0.15, 0.2) is 5.13 Å². The molecule has 1 aromatic carbocycles. The highest BCUT2D eigenvalue weighted by Crippen LogP contribution is 2.21. The summed E-state index contributed by atoms with van der Waals surface area (Å²) in [6.45, 7) is 7.57. The first-order valence-corrected chi connectivity index (χ1v) is 8.82. The molecule has 0 aliphatic carbocycles. The van der Waals surface area contributed by atoms with E-state index in [4.69, 9.17) is 4.74 Å². The Kier molecular flexibility index (Phi) is 6.14. The van der Waals surface area contributed by atoms with Crippen molar-refractivity contribution in [2.45, 2.75) is 33.7 Å². The molecule has 6 nitrogen and oxygen atoms in total. The second kappa shape index (κ2) is 8.11. The fourth-order valence-corrected chi connectivity index (χ4v) is 3.08. The van der Waals surface area contributed by atoms with Crippen LogP contribution in [0, 0.1) is 13.8 Å². The van der Waals surface area contributed by atoms with Crippen molar-refractivity contribution >= 4 is 28.3 Å². The van der Waals surface area contributed by atoms with Gasteiger partial charge in [0.1, 0.15) is 12.3 Å². The van der Waals surface area contributed by atoms with Gasteiger partial charge in [-0.3, -0.25) is 9.59 Å². The first kappa shape index (κ1) is 18.9. The van der Waals surface area contributed by atoms with Gasteiger partial charge < -0.3 is 15.0 Å². The van der Waals surface area contributed by atoms with E-state index in [-0.39, 0.29) is 24.4 Å². The number of hydrogen-bond acceptors (Lipinski definition) is 5. The molecule has 2 aromatic rings. The lowest BCUT2D eigenvalue weighted by atomic mass is 10.1. The Labute approximate surface area is 151 Å². The minimum atomic E-state index is -0.265. The summed E-state index contributed by atoms with van der Waals surface area (Å²) >= 11 is 1.42. The van der Waals surface area contributed by atoms with E-state index >= 15 is 0 Å². The van der Waals surface area contributed by atoms with Gasteiger partial charge in [0, 0.05) is 16.5 Å². The molecule has 2 amide bonds. The smallest absolute Gasteiger partial charge is 0.254 e. The molecule has 25 heavy (non-hydrogen) atoms. The van der Waals surface area contributed by atoms with Gasteiger partial charge in [0.05, 0.1) is 12.8 Å². The van der Waals surface area contributed by atoms with Gasteiger partial charge in [0.2, 0.25) is 5.91 Å². The molecule has 0 bridgehead atoms. The third-order valence-electron chi connectivity index (χ3n) is 3.79. The summed E-state index contributed by atoms with van der Waals surface area (Å²) in [5.41, 5.74) is 1.38. The molecule has 1 N–H and O–H groups in total. The highest BCUT2D eigenvalue weighted by atomic mass is 32.1. The van der Waals surface area contributed by atoms with Crippen molar-refractivity contribution in [2.24, 2.45) is 0 Å². The van der Waals surface area contributed by atoms with Crippen LogP contribution in [0.2, 0.25) is 0 Å². The van der Waals surface area contributed by atoms with Crippen LogP contribution in [-0.2, 0) is 4.79 Å². The highest BCUT2D eigenvalue weighted by Gasteiger charge is 2.22. The monoisotopic (exact) mass is 361 g/mol. The maximum Gasteiger partial charge on any atom is 0.254 e. The average molecular weight is 361 g/mol. The largest absolute Gasteiger partial charge is 0.497 e. The summed E-state index contributed by atoms with van der Waals surface area (Å²) in [6.07, 6.45) is 0.